The number of halogens is 1. The van der Waals surface area contributed by atoms with Gasteiger partial charge in [-0.05, 0) is 28.7 Å². The zero-order valence-electron chi connectivity index (χ0n) is 12.5. The third kappa shape index (κ3) is 4.14. The van der Waals surface area contributed by atoms with E-state index in [0.717, 1.165) is 11.1 Å². The quantitative estimate of drug-likeness (QED) is 0.742. The molecule has 112 valence electrons. The van der Waals surface area contributed by atoms with Gasteiger partial charge in [0.25, 0.3) is 0 Å². The Labute approximate surface area is 126 Å². The van der Waals surface area contributed by atoms with Crippen LogP contribution in [0.5, 0.6) is 0 Å². The van der Waals surface area contributed by atoms with Crippen molar-refractivity contribution >= 4 is 10.1 Å². The first-order valence-corrected chi connectivity index (χ1v) is 8.27. The lowest BCUT2D eigenvalue weighted by Gasteiger charge is -2.18. The van der Waals surface area contributed by atoms with Gasteiger partial charge in [-0.1, -0.05) is 63.2 Å². The SMILES string of the molecule is CC(C)(C)c1ccc(S(=O)(F)=NCc2ccccc2)cc1. The molecule has 0 radical (unpaired) electrons. The summed E-state index contributed by atoms with van der Waals surface area (Å²) < 4.78 is 30.1. The van der Waals surface area contributed by atoms with Crippen LogP contribution < -0.4 is 0 Å². The first-order valence-electron chi connectivity index (χ1n) is 6.86. The van der Waals surface area contributed by atoms with E-state index in [2.05, 4.69) is 25.1 Å². The highest BCUT2D eigenvalue weighted by Gasteiger charge is 2.16. The Morgan fingerprint density at radius 3 is 2.10 bits per heavy atom. The van der Waals surface area contributed by atoms with Gasteiger partial charge in [-0.25, -0.2) is 8.57 Å². The Morgan fingerprint density at radius 2 is 1.57 bits per heavy atom. The number of hydrogen-bond acceptors (Lipinski definition) is 2. The topological polar surface area (TPSA) is 29.4 Å². The number of rotatable bonds is 3. The van der Waals surface area contributed by atoms with Crippen LogP contribution in [0.15, 0.2) is 63.9 Å². The lowest BCUT2D eigenvalue weighted by Crippen LogP contribution is -2.10. The molecule has 0 heterocycles. The molecule has 0 spiro atoms. The molecule has 0 aliphatic heterocycles. The standard InChI is InChI=1S/C17H20FNOS/c1-17(2,3)15-9-11-16(12-10-15)21(18,20)19-13-14-7-5-4-6-8-14/h4-12H,13H2,1-3H3. The van der Waals surface area contributed by atoms with E-state index in [0.29, 0.717) is 0 Å². The average molecular weight is 305 g/mol. The van der Waals surface area contributed by atoms with Crippen LogP contribution in [0.25, 0.3) is 0 Å². The molecular weight excluding hydrogens is 285 g/mol. The molecule has 2 aromatic rings. The summed E-state index contributed by atoms with van der Waals surface area (Å²) in [6.45, 7) is 6.34. The fourth-order valence-corrected chi connectivity index (χ4v) is 2.87. The van der Waals surface area contributed by atoms with Crippen molar-refractivity contribution in [3.8, 4) is 0 Å². The summed E-state index contributed by atoms with van der Waals surface area (Å²) in [6.07, 6.45) is 0. The second-order valence-electron chi connectivity index (χ2n) is 6.01. The highest BCUT2D eigenvalue weighted by atomic mass is 32.3. The molecule has 0 saturated carbocycles. The summed E-state index contributed by atoms with van der Waals surface area (Å²) >= 11 is 0. The normalized spacial score (nSPS) is 14.5. The Morgan fingerprint density at radius 1 is 1.00 bits per heavy atom. The van der Waals surface area contributed by atoms with Crippen molar-refractivity contribution in [1.82, 2.24) is 0 Å². The van der Waals surface area contributed by atoms with Gasteiger partial charge in [0.15, 0.2) is 0 Å². The van der Waals surface area contributed by atoms with E-state index < -0.39 is 10.1 Å². The number of nitrogens with zero attached hydrogens (tertiary/aromatic N) is 1. The number of benzene rings is 2. The lowest BCUT2D eigenvalue weighted by atomic mass is 9.87. The van der Waals surface area contributed by atoms with Crippen LogP contribution in [-0.2, 0) is 22.1 Å². The molecule has 0 N–H and O–H groups in total. The average Bonchev–Trinajstić information content (AvgIpc) is 2.46. The highest BCUT2D eigenvalue weighted by molar-refractivity contribution is 7.88. The Kier molecular flexibility index (Phi) is 4.47. The van der Waals surface area contributed by atoms with E-state index in [1.807, 2.05) is 42.5 Å². The molecule has 2 nitrogen and oxygen atoms in total. The zero-order chi connectivity index (χ0) is 15.5. The minimum absolute atomic E-state index is 0.0170. The minimum atomic E-state index is -3.85. The first-order chi connectivity index (χ1) is 9.79. The van der Waals surface area contributed by atoms with Gasteiger partial charge < -0.3 is 0 Å². The zero-order valence-corrected chi connectivity index (χ0v) is 13.4. The summed E-state index contributed by atoms with van der Waals surface area (Å²) in [5, 5.41) is 0. The maximum absolute atomic E-state index is 14.3. The molecule has 0 aliphatic rings. The Balaban J connectivity index is 2.25. The van der Waals surface area contributed by atoms with Crippen LogP contribution in [0.2, 0.25) is 0 Å². The third-order valence-electron chi connectivity index (χ3n) is 3.27. The van der Waals surface area contributed by atoms with E-state index >= 15 is 0 Å². The van der Waals surface area contributed by atoms with Crippen molar-refractivity contribution in [2.24, 2.45) is 4.36 Å². The molecule has 0 fully saturated rings. The van der Waals surface area contributed by atoms with Gasteiger partial charge in [0.1, 0.15) is 0 Å². The van der Waals surface area contributed by atoms with Crippen LogP contribution in [-0.4, -0.2) is 4.21 Å². The van der Waals surface area contributed by atoms with E-state index in [1.54, 1.807) is 12.1 Å². The maximum Gasteiger partial charge on any atom is 0.231 e. The molecule has 2 aromatic carbocycles. The molecule has 0 aliphatic carbocycles. The van der Waals surface area contributed by atoms with Crippen molar-refractivity contribution in [2.75, 3.05) is 0 Å². The van der Waals surface area contributed by atoms with Crippen LogP contribution in [0.4, 0.5) is 3.89 Å². The first kappa shape index (κ1) is 15.7. The van der Waals surface area contributed by atoms with Gasteiger partial charge in [-0.3, -0.25) is 0 Å². The molecule has 4 heteroatoms. The van der Waals surface area contributed by atoms with Crippen LogP contribution >= 0.6 is 0 Å². The van der Waals surface area contributed by atoms with Crippen LogP contribution in [0.3, 0.4) is 0 Å². The van der Waals surface area contributed by atoms with Gasteiger partial charge in [-0.2, -0.15) is 0 Å². The van der Waals surface area contributed by atoms with Crippen LogP contribution in [0, 0.1) is 0 Å². The van der Waals surface area contributed by atoms with Gasteiger partial charge in [-0.15, -0.1) is 3.89 Å². The number of hydrogen-bond donors (Lipinski definition) is 0. The molecule has 1 atom stereocenters. The fraction of sp³-hybridized carbons (Fsp3) is 0.294. The fourth-order valence-electron chi connectivity index (χ4n) is 1.94. The van der Waals surface area contributed by atoms with Crippen LogP contribution in [0.1, 0.15) is 31.9 Å². The van der Waals surface area contributed by atoms with E-state index in [4.69, 9.17) is 0 Å². The van der Waals surface area contributed by atoms with Gasteiger partial charge in [0.2, 0.25) is 10.1 Å². The van der Waals surface area contributed by atoms with E-state index in [-0.39, 0.29) is 16.9 Å². The molecule has 0 aromatic heterocycles. The van der Waals surface area contributed by atoms with Crippen molar-refractivity contribution < 1.29 is 8.09 Å². The monoisotopic (exact) mass is 305 g/mol. The van der Waals surface area contributed by atoms with Gasteiger partial charge >= 0.3 is 0 Å². The molecule has 21 heavy (non-hydrogen) atoms. The lowest BCUT2D eigenvalue weighted by molar-refractivity contribution is 0.589. The van der Waals surface area contributed by atoms with Crippen molar-refractivity contribution in [3.63, 3.8) is 0 Å². The van der Waals surface area contributed by atoms with E-state index in [1.165, 1.54) is 0 Å². The minimum Gasteiger partial charge on any atom is -0.211 e. The maximum atomic E-state index is 14.3. The van der Waals surface area contributed by atoms with E-state index in [9.17, 15) is 8.09 Å². The molecule has 0 amide bonds. The predicted molar refractivity (Wildman–Crippen MR) is 85.2 cm³/mol. The van der Waals surface area contributed by atoms with Crippen molar-refractivity contribution in [2.45, 2.75) is 37.6 Å². The molecule has 0 bridgehead atoms. The smallest absolute Gasteiger partial charge is 0.211 e. The summed E-state index contributed by atoms with van der Waals surface area (Å²) in [5.74, 6) is 0. The molecule has 0 saturated heterocycles. The Hall–Kier alpha value is -1.68. The largest absolute Gasteiger partial charge is 0.231 e. The summed E-state index contributed by atoms with van der Waals surface area (Å²) in [6, 6.07) is 16.0. The third-order valence-corrected chi connectivity index (χ3v) is 4.58. The molecule has 1 unspecified atom stereocenters. The highest BCUT2D eigenvalue weighted by Crippen LogP contribution is 2.25. The van der Waals surface area contributed by atoms with Crippen molar-refractivity contribution in [1.29, 1.82) is 0 Å². The summed E-state index contributed by atoms with van der Waals surface area (Å²) in [4.78, 5) is 0.131. The molecular formula is C17H20FNOS. The molecule has 2 rings (SSSR count). The van der Waals surface area contributed by atoms with Gasteiger partial charge in [0.05, 0.1) is 11.4 Å². The second kappa shape index (κ2) is 5.98. The predicted octanol–water partition coefficient (Wildman–Crippen LogP) is 4.90. The van der Waals surface area contributed by atoms with Crippen molar-refractivity contribution in [3.05, 3.63) is 65.7 Å². The Bertz CT molecular complexity index is 709. The van der Waals surface area contributed by atoms with Gasteiger partial charge in [0, 0.05) is 0 Å². The summed E-state index contributed by atoms with van der Waals surface area (Å²) in [5.41, 5.74) is 1.90. The second-order valence-corrected chi connectivity index (χ2v) is 7.65. The summed E-state index contributed by atoms with van der Waals surface area (Å²) in [7, 11) is -3.85.